The monoisotopic (exact) mass is 644 g/mol. The molecule has 0 spiro atoms. The number of aromatic nitrogens is 1. The number of urea groups is 1. The summed E-state index contributed by atoms with van der Waals surface area (Å²) in [7, 11) is 3.17. The molecule has 11 heteroatoms. The largest absolute Gasteiger partial charge is 0.497 e. The number of benzene rings is 4. The molecule has 1 heterocycles. The fourth-order valence-electron chi connectivity index (χ4n) is 5.21. The zero-order valence-corrected chi connectivity index (χ0v) is 26.7. The van der Waals surface area contributed by atoms with Crippen molar-refractivity contribution in [2.45, 2.75) is 6.92 Å². The first kappa shape index (κ1) is 31.7. The van der Waals surface area contributed by atoms with E-state index in [0.29, 0.717) is 58.7 Å². The van der Waals surface area contributed by atoms with Crippen LogP contribution >= 0.6 is 23.2 Å². The molecule has 0 atom stereocenters. The number of rotatable bonds is 11. The maximum Gasteiger partial charge on any atom is 0.323 e. The average Bonchev–Trinajstić information content (AvgIpc) is 3.04. The number of alkyl halides is 2. The minimum atomic E-state index is -0.411. The Labute approximate surface area is 271 Å². The van der Waals surface area contributed by atoms with Crippen LogP contribution in [0, 0.1) is 6.92 Å². The van der Waals surface area contributed by atoms with Gasteiger partial charge < -0.3 is 30.9 Å². The van der Waals surface area contributed by atoms with E-state index >= 15 is 0 Å². The minimum Gasteiger partial charge on any atom is -0.497 e. The molecular weight excluding hydrogens is 611 g/mol. The number of fused-ring (bicyclic) bond motifs is 2. The Morgan fingerprint density at radius 1 is 0.822 bits per heavy atom. The second-order valence-corrected chi connectivity index (χ2v) is 11.1. The van der Waals surface area contributed by atoms with Crippen molar-refractivity contribution in [1.29, 1.82) is 0 Å². The molecule has 4 aromatic carbocycles. The number of aryl methyl sites for hydroxylation is 1. The van der Waals surface area contributed by atoms with E-state index in [2.05, 4.69) is 26.2 Å². The van der Waals surface area contributed by atoms with Crippen LogP contribution in [0.5, 0.6) is 5.75 Å². The van der Waals surface area contributed by atoms with E-state index < -0.39 is 6.03 Å². The van der Waals surface area contributed by atoms with Crippen LogP contribution in [0.1, 0.15) is 15.9 Å². The predicted octanol–water partition coefficient (Wildman–Crippen LogP) is 7.74. The van der Waals surface area contributed by atoms with Crippen molar-refractivity contribution < 1.29 is 14.3 Å². The van der Waals surface area contributed by atoms with Crippen LogP contribution in [0.25, 0.3) is 21.8 Å². The standard InChI is InChI=1S/C34H34Cl2N6O3/c1-21-6-4-7-27-30(21)41-32-28(8-5-9-29(32)33(43)37-2)31(27)38-23-18-24(20-26(19-23)45-3)40-34(44)39-22-10-12-25(13-11-22)42(16-14-35)17-15-36/h4-13,18-20H,14-17H2,1-3H3,(H,37,43)(H,38,41)(H2,39,40,44). The van der Waals surface area contributed by atoms with Crippen molar-refractivity contribution in [2.24, 2.45) is 0 Å². The molecule has 0 saturated heterocycles. The van der Waals surface area contributed by atoms with Gasteiger partial charge in [-0.25, -0.2) is 9.78 Å². The molecule has 9 nitrogen and oxygen atoms in total. The number of nitrogens with one attached hydrogen (secondary N) is 4. The number of hydrogen-bond donors (Lipinski definition) is 4. The molecule has 0 aliphatic rings. The van der Waals surface area contributed by atoms with E-state index in [0.717, 1.165) is 33.2 Å². The molecule has 3 amide bonds. The van der Waals surface area contributed by atoms with Crippen molar-refractivity contribution in [2.75, 3.05) is 59.9 Å². The number of anilines is 5. The van der Waals surface area contributed by atoms with E-state index in [4.69, 9.17) is 32.9 Å². The number of ether oxygens (including phenoxy) is 1. The molecule has 0 unspecified atom stereocenters. The van der Waals surface area contributed by atoms with E-state index in [-0.39, 0.29) is 5.91 Å². The summed E-state index contributed by atoms with van der Waals surface area (Å²) in [6, 6.07) is 24.0. The van der Waals surface area contributed by atoms with Gasteiger partial charge in [0.15, 0.2) is 0 Å². The van der Waals surface area contributed by atoms with Crippen LogP contribution in [0.3, 0.4) is 0 Å². The molecule has 5 rings (SSSR count). The summed E-state index contributed by atoms with van der Waals surface area (Å²) in [5.74, 6) is 1.30. The predicted molar refractivity (Wildman–Crippen MR) is 186 cm³/mol. The van der Waals surface area contributed by atoms with Gasteiger partial charge in [0, 0.05) is 77.6 Å². The molecule has 4 N–H and O–H groups in total. The van der Waals surface area contributed by atoms with Crippen molar-refractivity contribution in [3.05, 3.63) is 90.0 Å². The topological polar surface area (TPSA) is 108 Å². The number of halogens is 2. The molecule has 1 aromatic heterocycles. The fraction of sp³-hybridized carbons (Fsp3) is 0.206. The Morgan fingerprint density at radius 2 is 1.47 bits per heavy atom. The summed E-state index contributed by atoms with van der Waals surface area (Å²) in [5.41, 5.74) is 6.40. The van der Waals surface area contributed by atoms with Gasteiger partial charge in [-0.3, -0.25) is 4.79 Å². The third-order valence-electron chi connectivity index (χ3n) is 7.38. The number of para-hydroxylation sites is 2. The number of amides is 3. The third-order valence-corrected chi connectivity index (χ3v) is 7.71. The lowest BCUT2D eigenvalue weighted by molar-refractivity contribution is 0.0964. The first-order valence-electron chi connectivity index (χ1n) is 14.4. The Balaban J connectivity index is 1.44. The van der Waals surface area contributed by atoms with E-state index in [9.17, 15) is 9.59 Å². The molecule has 0 radical (unpaired) electrons. The molecule has 0 aliphatic heterocycles. The first-order valence-corrected chi connectivity index (χ1v) is 15.5. The minimum absolute atomic E-state index is 0.219. The van der Waals surface area contributed by atoms with E-state index in [1.165, 1.54) is 0 Å². The van der Waals surface area contributed by atoms with Crippen LogP contribution in [0.4, 0.5) is 33.2 Å². The highest BCUT2D eigenvalue weighted by molar-refractivity contribution is 6.19. The number of pyridine rings is 1. The van der Waals surface area contributed by atoms with Crippen molar-refractivity contribution in [1.82, 2.24) is 10.3 Å². The van der Waals surface area contributed by atoms with Crippen molar-refractivity contribution in [3.8, 4) is 5.75 Å². The van der Waals surface area contributed by atoms with Gasteiger partial charge in [-0.15, -0.1) is 23.2 Å². The molecule has 5 aromatic rings. The highest BCUT2D eigenvalue weighted by Crippen LogP contribution is 2.37. The quantitative estimate of drug-likeness (QED) is 0.0865. The number of nitrogens with zero attached hydrogens (tertiary/aromatic N) is 2. The van der Waals surface area contributed by atoms with Gasteiger partial charge in [0.1, 0.15) is 5.75 Å². The van der Waals surface area contributed by atoms with Crippen LogP contribution in [0.15, 0.2) is 78.9 Å². The zero-order chi connectivity index (χ0) is 31.9. The number of carbonyl (C=O) groups excluding carboxylic acids is 2. The average molecular weight is 646 g/mol. The normalized spacial score (nSPS) is 10.9. The lowest BCUT2D eigenvalue weighted by atomic mass is 10.0. The number of hydrogen-bond acceptors (Lipinski definition) is 6. The molecule has 0 saturated carbocycles. The summed E-state index contributed by atoms with van der Waals surface area (Å²) in [6.07, 6.45) is 0. The van der Waals surface area contributed by atoms with Gasteiger partial charge >= 0.3 is 6.03 Å². The summed E-state index contributed by atoms with van der Waals surface area (Å²) in [6.45, 7) is 3.34. The van der Waals surface area contributed by atoms with Crippen LogP contribution in [-0.2, 0) is 0 Å². The number of carbonyl (C=O) groups is 2. The maximum absolute atomic E-state index is 13.0. The summed E-state index contributed by atoms with van der Waals surface area (Å²) >= 11 is 11.9. The molecule has 0 aliphatic carbocycles. The van der Waals surface area contributed by atoms with Gasteiger partial charge in [0.25, 0.3) is 5.91 Å². The Kier molecular flexibility index (Phi) is 10.1. The second-order valence-electron chi connectivity index (χ2n) is 10.3. The Morgan fingerprint density at radius 3 is 2.13 bits per heavy atom. The fourth-order valence-corrected chi connectivity index (χ4v) is 5.62. The molecule has 0 bridgehead atoms. The second kappa shape index (κ2) is 14.4. The third kappa shape index (κ3) is 7.16. The smallest absolute Gasteiger partial charge is 0.323 e. The number of methoxy groups -OCH3 is 1. The van der Waals surface area contributed by atoms with Gasteiger partial charge in [-0.2, -0.15) is 0 Å². The molecule has 232 valence electrons. The summed E-state index contributed by atoms with van der Waals surface area (Å²) in [5, 5.41) is 13.7. The van der Waals surface area contributed by atoms with Gasteiger partial charge in [-0.1, -0.05) is 30.3 Å². The molecule has 0 fully saturated rings. The van der Waals surface area contributed by atoms with Gasteiger partial charge in [0.05, 0.1) is 29.4 Å². The summed E-state index contributed by atoms with van der Waals surface area (Å²) in [4.78, 5) is 32.7. The highest BCUT2D eigenvalue weighted by Gasteiger charge is 2.17. The zero-order valence-electron chi connectivity index (χ0n) is 25.2. The van der Waals surface area contributed by atoms with Crippen molar-refractivity contribution >= 4 is 85.4 Å². The molecule has 45 heavy (non-hydrogen) atoms. The highest BCUT2D eigenvalue weighted by atomic mass is 35.5. The van der Waals surface area contributed by atoms with Gasteiger partial charge in [-0.05, 0) is 48.9 Å². The molecular formula is C34H34Cl2N6O3. The Bertz CT molecular complexity index is 1840. The first-order chi connectivity index (χ1) is 21.8. The van der Waals surface area contributed by atoms with E-state index in [1.807, 2.05) is 73.7 Å². The van der Waals surface area contributed by atoms with Crippen LogP contribution in [0.2, 0.25) is 0 Å². The van der Waals surface area contributed by atoms with Crippen LogP contribution in [-0.4, -0.2) is 55.9 Å². The van der Waals surface area contributed by atoms with Gasteiger partial charge in [0.2, 0.25) is 0 Å². The lowest BCUT2D eigenvalue weighted by Crippen LogP contribution is -2.27. The van der Waals surface area contributed by atoms with Crippen LogP contribution < -0.4 is 30.9 Å². The summed E-state index contributed by atoms with van der Waals surface area (Å²) < 4.78 is 5.57. The maximum atomic E-state index is 13.0. The van der Waals surface area contributed by atoms with E-state index in [1.54, 1.807) is 26.3 Å². The lowest BCUT2D eigenvalue weighted by Gasteiger charge is -2.23. The SMILES string of the molecule is CNC(=O)c1cccc2c(Nc3cc(NC(=O)Nc4ccc(N(CCCl)CCCl)cc4)cc(OC)c3)c3cccc(C)c3nc12. The van der Waals surface area contributed by atoms with Crippen molar-refractivity contribution in [3.63, 3.8) is 0 Å². The Hall–Kier alpha value is -4.73.